The minimum atomic E-state index is -0.250. The first-order valence-corrected chi connectivity index (χ1v) is 7.26. The summed E-state index contributed by atoms with van der Waals surface area (Å²) in [5.74, 6) is 0. The fraction of sp³-hybridized carbons (Fsp3) is 0.400. The van der Waals surface area contributed by atoms with Crippen LogP contribution in [-0.2, 0) is 12.0 Å². The van der Waals surface area contributed by atoms with E-state index in [-0.39, 0.29) is 16.5 Å². The first-order chi connectivity index (χ1) is 9.32. The molecule has 2 aromatic rings. The number of nitrogens with zero attached hydrogens (tertiary/aromatic N) is 3. The summed E-state index contributed by atoms with van der Waals surface area (Å²) < 4.78 is 1.54. The van der Waals surface area contributed by atoms with Gasteiger partial charge in [-0.15, -0.1) is 11.3 Å². The van der Waals surface area contributed by atoms with E-state index in [1.165, 1.54) is 4.57 Å². The fourth-order valence-electron chi connectivity index (χ4n) is 1.80. The molecule has 0 aliphatic rings. The molecule has 0 spiro atoms. The van der Waals surface area contributed by atoms with Crippen LogP contribution in [0.2, 0.25) is 0 Å². The lowest BCUT2D eigenvalue weighted by atomic mass is 9.93. The lowest BCUT2D eigenvalue weighted by Gasteiger charge is -2.14. The Morgan fingerprint density at radius 3 is 2.70 bits per heavy atom. The van der Waals surface area contributed by atoms with Gasteiger partial charge in [-0.3, -0.25) is 4.79 Å². The highest BCUT2D eigenvalue weighted by Gasteiger charge is 2.17. The van der Waals surface area contributed by atoms with Crippen LogP contribution in [0.5, 0.6) is 0 Å². The van der Waals surface area contributed by atoms with Crippen molar-refractivity contribution < 1.29 is 0 Å². The molecule has 20 heavy (non-hydrogen) atoms. The Morgan fingerprint density at radius 1 is 1.45 bits per heavy atom. The molecule has 5 heteroatoms. The van der Waals surface area contributed by atoms with Crippen LogP contribution in [-0.4, -0.2) is 9.55 Å². The molecule has 0 aliphatic heterocycles. The van der Waals surface area contributed by atoms with Gasteiger partial charge in [0.05, 0.1) is 12.2 Å². The van der Waals surface area contributed by atoms with Crippen LogP contribution in [0.25, 0.3) is 0 Å². The zero-order valence-corrected chi connectivity index (χ0v) is 12.9. The molecule has 2 aromatic heterocycles. The topological polar surface area (TPSA) is 58.7 Å². The first kappa shape index (κ1) is 14.5. The van der Waals surface area contributed by atoms with Crippen molar-refractivity contribution in [3.8, 4) is 6.07 Å². The zero-order chi connectivity index (χ0) is 14.9. The molecule has 0 amide bonds. The van der Waals surface area contributed by atoms with Crippen molar-refractivity contribution in [3.05, 3.63) is 49.8 Å². The van der Waals surface area contributed by atoms with Gasteiger partial charge in [0.15, 0.2) is 0 Å². The third kappa shape index (κ3) is 2.81. The number of pyridine rings is 1. The second-order valence-corrected chi connectivity index (χ2v) is 6.74. The Bertz CT molecular complexity index is 729. The number of hydrogen-bond donors (Lipinski definition) is 0. The molecule has 0 unspecified atom stereocenters. The Labute approximate surface area is 122 Å². The van der Waals surface area contributed by atoms with E-state index in [1.54, 1.807) is 30.5 Å². The van der Waals surface area contributed by atoms with Gasteiger partial charge in [0.25, 0.3) is 5.56 Å². The van der Waals surface area contributed by atoms with Crippen molar-refractivity contribution in [2.45, 2.75) is 39.7 Å². The first-order valence-electron chi connectivity index (χ1n) is 6.38. The van der Waals surface area contributed by atoms with Crippen LogP contribution in [0.15, 0.2) is 22.4 Å². The minimum absolute atomic E-state index is 0.00476. The molecule has 0 radical (unpaired) electrons. The Kier molecular flexibility index (Phi) is 3.78. The molecule has 0 fully saturated rings. The van der Waals surface area contributed by atoms with Crippen LogP contribution in [0.3, 0.4) is 0 Å². The van der Waals surface area contributed by atoms with Crippen molar-refractivity contribution >= 4 is 11.3 Å². The van der Waals surface area contributed by atoms with Gasteiger partial charge in [-0.25, -0.2) is 4.98 Å². The van der Waals surface area contributed by atoms with Gasteiger partial charge in [0.1, 0.15) is 16.6 Å². The molecule has 2 rings (SSSR count). The highest BCUT2D eigenvalue weighted by Crippen LogP contribution is 2.24. The Morgan fingerprint density at radius 2 is 2.15 bits per heavy atom. The second-order valence-electron chi connectivity index (χ2n) is 5.80. The number of hydrogen-bond acceptors (Lipinski definition) is 4. The lowest BCUT2D eigenvalue weighted by molar-refractivity contribution is 0.569. The van der Waals surface area contributed by atoms with Crippen molar-refractivity contribution in [1.82, 2.24) is 9.55 Å². The maximum atomic E-state index is 12.1. The van der Waals surface area contributed by atoms with E-state index in [9.17, 15) is 4.79 Å². The summed E-state index contributed by atoms with van der Waals surface area (Å²) >= 11 is 1.54. The summed E-state index contributed by atoms with van der Waals surface area (Å²) in [4.78, 5) is 16.7. The van der Waals surface area contributed by atoms with Gasteiger partial charge in [-0.2, -0.15) is 5.26 Å². The van der Waals surface area contributed by atoms with Crippen LogP contribution < -0.4 is 5.56 Å². The van der Waals surface area contributed by atoms with Crippen molar-refractivity contribution in [3.63, 3.8) is 0 Å². The largest absolute Gasteiger partial charge is 0.308 e. The van der Waals surface area contributed by atoms with E-state index < -0.39 is 0 Å². The van der Waals surface area contributed by atoms with Crippen molar-refractivity contribution in [2.24, 2.45) is 0 Å². The quantitative estimate of drug-likeness (QED) is 0.853. The molecule has 2 heterocycles. The van der Waals surface area contributed by atoms with Gasteiger partial charge in [-0.05, 0) is 18.6 Å². The molecule has 0 bridgehead atoms. The number of rotatable bonds is 2. The smallest absolute Gasteiger partial charge is 0.269 e. The molecular formula is C15H17N3OS. The highest BCUT2D eigenvalue weighted by atomic mass is 32.1. The molecule has 0 atom stereocenters. The predicted octanol–water partition coefficient (Wildman–Crippen LogP) is 2.83. The molecule has 0 aliphatic carbocycles. The number of nitriles is 1. The summed E-state index contributed by atoms with van der Waals surface area (Å²) in [5, 5.41) is 11.9. The van der Waals surface area contributed by atoms with Crippen LogP contribution in [0, 0.1) is 18.3 Å². The van der Waals surface area contributed by atoms with E-state index in [1.807, 2.05) is 11.4 Å². The molecule has 0 saturated carbocycles. The molecule has 0 aromatic carbocycles. The number of aromatic nitrogens is 2. The SMILES string of the molecule is Cc1ccn(Cc2nc(C(C)(C)C)cs2)c(=O)c1C#N. The van der Waals surface area contributed by atoms with E-state index in [0.717, 1.165) is 10.7 Å². The number of thiazole rings is 1. The summed E-state index contributed by atoms with van der Waals surface area (Å²) in [5.41, 5.74) is 1.70. The van der Waals surface area contributed by atoms with E-state index in [0.29, 0.717) is 12.1 Å². The van der Waals surface area contributed by atoms with E-state index in [4.69, 9.17) is 5.26 Å². The normalized spacial score (nSPS) is 11.3. The third-order valence-corrected chi connectivity index (χ3v) is 3.94. The van der Waals surface area contributed by atoms with Crippen molar-refractivity contribution in [1.29, 1.82) is 5.26 Å². The van der Waals surface area contributed by atoms with Gasteiger partial charge >= 0.3 is 0 Å². The van der Waals surface area contributed by atoms with Crippen LogP contribution in [0.4, 0.5) is 0 Å². The molecule has 0 saturated heterocycles. The average molecular weight is 287 g/mol. The van der Waals surface area contributed by atoms with Gasteiger partial charge in [-0.1, -0.05) is 20.8 Å². The Balaban J connectivity index is 2.35. The summed E-state index contributed by atoms with van der Waals surface area (Å²) in [6, 6.07) is 3.76. The van der Waals surface area contributed by atoms with Crippen LogP contribution >= 0.6 is 11.3 Å². The maximum absolute atomic E-state index is 12.1. The molecular weight excluding hydrogens is 270 g/mol. The lowest BCUT2D eigenvalue weighted by Crippen LogP contribution is -2.23. The predicted molar refractivity (Wildman–Crippen MR) is 80.1 cm³/mol. The maximum Gasteiger partial charge on any atom is 0.269 e. The monoisotopic (exact) mass is 287 g/mol. The minimum Gasteiger partial charge on any atom is -0.308 e. The molecule has 104 valence electrons. The number of aryl methyl sites for hydroxylation is 1. The third-order valence-electron chi connectivity index (χ3n) is 3.11. The van der Waals surface area contributed by atoms with Gasteiger partial charge in [0.2, 0.25) is 0 Å². The van der Waals surface area contributed by atoms with Gasteiger partial charge < -0.3 is 4.57 Å². The molecule has 0 N–H and O–H groups in total. The zero-order valence-electron chi connectivity index (χ0n) is 12.1. The fourth-order valence-corrected chi connectivity index (χ4v) is 2.82. The second kappa shape index (κ2) is 5.22. The van der Waals surface area contributed by atoms with Crippen LogP contribution in [0.1, 0.15) is 42.6 Å². The summed E-state index contributed by atoms with van der Waals surface area (Å²) in [6.07, 6.45) is 1.72. The Hall–Kier alpha value is -1.93. The summed E-state index contributed by atoms with van der Waals surface area (Å²) in [6.45, 7) is 8.51. The van der Waals surface area contributed by atoms with Crippen molar-refractivity contribution in [2.75, 3.05) is 0 Å². The highest BCUT2D eigenvalue weighted by molar-refractivity contribution is 7.09. The summed E-state index contributed by atoms with van der Waals surface area (Å²) in [7, 11) is 0. The standard InChI is InChI=1S/C15H17N3OS/c1-10-5-6-18(14(19)11(10)7-16)8-13-17-12(9-20-13)15(2,3)4/h5-6,9H,8H2,1-4H3. The van der Waals surface area contributed by atoms with E-state index in [2.05, 4.69) is 25.8 Å². The average Bonchev–Trinajstić information content (AvgIpc) is 2.82. The van der Waals surface area contributed by atoms with Gasteiger partial charge in [0, 0.05) is 17.0 Å². The van der Waals surface area contributed by atoms with E-state index >= 15 is 0 Å². The molecule has 4 nitrogen and oxygen atoms in total.